The van der Waals surface area contributed by atoms with Gasteiger partial charge < -0.3 is 15.0 Å². The minimum Gasteiger partial charge on any atom is -0.497 e. The van der Waals surface area contributed by atoms with Crippen LogP contribution >= 0.6 is 0 Å². The summed E-state index contributed by atoms with van der Waals surface area (Å²) in [7, 11) is -2.24. The average molecular weight is 544 g/mol. The third-order valence-corrected chi connectivity index (χ3v) is 8.46. The number of carbonyl (C=O) groups excluding carboxylic acids is 2. The van der Waals surface area contributed by atoms with E-state index in [-0.39, 0.29) is 48.2 Å². The van der Waals surface area contributed by atoms with Crippen LogP contribution in [-0.4, -0.2) is 61.7 Å². The highest BCUT2D eigenvalue weighted by molar-refractivity contribution is 7.89. The lowest BCUT2D eigenvalue weighted by Crippen LogP contribution is -2.52. The number of hydrogen-bond donors (Lipinski definition) is 1. The standard InChI is InChI=1S/C29H41N3O5S/c1-21-11-13-24(14-12-21)38(35,36)31-16-15-25(33)32(18-17-31)26(22-9-8-10-23(19-22)37-7)27(34)30-29(5,6)20-28(2,3)4/h8-14,19,26H,15-18,20H2,1-7H3,(H,30,34). The molecular weight excluding hydrogens is 502 g/mol. The Balaban J connectivity index is 1.93. The Morgan fingerprint density at radius 3 is 2.29 bits per heavy atom. The van der Waals surface area contributed by atoms with E-state index in [4.69, 9.17) is 4.74 Å². The zero-order valence-corrected chi connectivity index (χ0v) is 24.4. The first-order valence-electron chi connectivity index (χ1n) is 13.0. The monoisotopic (exact) mass is 543 g/mol. The Morgan fingerprint density at radius 1 is 1.03 bits per heavy atom. The van der Waals surface area contributed by atoms with Gasteiger partial charge in [-0.15, -0.1) is 0 Å². The first-order chi connectivity index (χ1) is 17.6. The third-order valence-electron chi connectivity index (χ3n) is 6.55. The summed E-state index contributed by atoms with van der Waals surface area (Å²) in [6, 6.07) is 12.8. The van der Waals surface area contributed by atoms with Crippen LogP contribution in [0, 0.1) is 12.3 Å². The van der Waals surface area contributed by atoms with Gasteiger partial charge in [0.15, 0.2) is 0 Å². The average Bonchev–Trinajstić information content (AvgIpc) is 3.00. The van der Waals surface area contributed by atoms with Crippen molar-refractivity contribution in [1.29, 1.82) is 0 Å². The van der Waals surface area contributed by atoms with Crippen molar-refractivity contribution in [3.8, 4) is 5.75 Å². The van der Waals surface area contributed by atoms with Crippen LogP contribution < -0.4 is 10.1 Å². The van der Waals surface area contributed by atoms with E-state index in [2.05, 4.69) is 26.1 Å². The van der Waals surface area contributed by atoms with Gasteiger partial charge in [-0.2, -0.15) is 4.31 Å². The van der Waals surface area contributed by atoms with Gasteiger partial charge in [0.1, 0.15) is 11.8 Å². The molecule has 1 saturated heterocycles. The van der Waals surface area contributed by atoms with E-state index in [1.807, 2.05) is 20.8 Å². The van der Waals surface area contributed by atoms with Gasteiger partial charge in [0.2, 0.25) is 21.8 Å². The minimum absolute atomic E-state index is 0.0223. The minimum atomic E-state index is -3.79. The van der Waals surface area contributed by atoms with Crippen LogP contribution in [0.5, 0.6) is 5.75 Å². The molecule has 38 heavy (non-hydrogen) atoms. The molecule has 8 nitrogen and oxygen atoms in total. The summed E-state index contributed by atoms with van der Waals surface area (Å²) < 4.78 is 33.4. The SMILES string of the molecule is COc1cccc(C(C(=O)NC(C)(C)CC(C)(C)C)N2CCN(S(=O)(=O)c3ccc(C)cc3)CCC2=O)c1. The van der Waals surface area contributed by atoms with Gasteiger partial charge in [0.05, 0.1) is 12.0 Å². The molecule has 1 atom stereocenters. The van der Waals surface area contributed by atoms with Crippen LogP contribution in [0.1, 0.15) is 64.6 Å². The molecule has 1 heterocycles. The fourth-order valence-corrected chi connectivity index (χ4v) is 6.68. The first-order valence-corrected chi connectivity index (χ1v) is 14.4. The van der Waals surface area contributed by atoms with Gasteiger partial charge in [-0.3, -0.25) is 9.59 Å². The molecule has 0 radical (unpaired) electrons. The maximum atomic E-state index is 13.9. The zero-order chi connectivity index (χ0) is 28.3. The van der Waals surface area contributed by atoms with Crippen LogP contribution in [0.25, 0.3) is 0 Å². The van der Waals surface area contributed by atoms with Crippen LogP contribution in [0.3, 0.4) is 0 Å². The molecule has 0 saturated carbocycles. The predicted molar refractivity (Wildman–Crippen MR) is 148 cm³/mol. The number of benzene rings is 2. The van der Waals surface area contributed by atoms with E-state index < -0.39 is 21.6 Å². The van der Waals surface area contributed by atoms with Crippen molar-refractivity contribution in [3.05, 3.63) is 59.7 Å². The van der Waals surface area contributed by atoms with Crippen molar-refractivity contribution < 1.29 is 22.7 Å². The molecule has 9 heteroatoms. The predicted octanol–water partition coefficient (Wildman–Crippen LogP) is 4.30. The number of sulfonamides is 1. The molecule has 1 fully saturated rings. The molecular formula is C29H41N3O5S. The van der Waals surface area contributed by atoms with Crippen LogP contribution in [0.15, 0.2) is 53.4 Å². The molecule has 3 rings (SSSR count). The zero-order valence-electron chi connectivity index (χ0n) is 23.6. The van der Waals surface area contributed by atoms with Gasteiger partial charge in [0, 0.05) is 31.6 Å². The van der Waals surface area contributed by atoms with Gasteiger partial charge in [-0.25, -0.2) is 8.42 Å². The fraction of sp³-hybridized carbons (Fsp3) is 0.517. The number of amides is 2. The van der Waals surface area contributed by atoms with Crippen molar-refractivity contribution in [1.82, 2.24) is 14.5 Å². The van der Waals surface area contributed by atoms with Crippen molar-refractivity contribution >= 4 is 21.8 Å². The molecule has 0 aliphatic carbocycles. The summed E-state index contributed by atoms with van der Waals surface area (Å²) in [5, 5.41) is 3.15. The summed E-state index contributed by atoms with van der Waals surface area (Å²) in [4.78, 5) is 29.0. The number of nitrogens with one attached hydrogen (secondary N) is 1. The first kappa shape index (κ1) is 29.6. The summed E-state index contributed by atoms with van der Waals surface area (Å²) >= 11 is 0. The van der Waals surface area contributed by atoms with Crippen molar-refractivity contribution in [2.24, 2.45) is 5.41 Å². The molecule has 1 aliphatic heterocycles. The maximum absolute atomic E-state index is 13.9. The molecule has 2 aromatic rings. The summed E-state index contributed by atoms with van der Waals surface area (Å²) in [5.74, 6) is -0.0148. The Bertz CT molecular complexity index is 1250. The topological polar surface area (TPSA) is 96.0 Å². The van der Waals surface area contributed by atoms with E-state index in [0.29, 0.717) is 11.3 Å². The Hall–Kier alpha value is -2.91. The lowest BCUT2D eigenvalue weighted by molar-refractivity contribution is -0.141. The number of methoxy groups -OCH3 is 1. The maximum Gasteiger partial charge on any atom is 0.247 e. The number of ether oxygens (including phenoxy) is 1. The van der Waals surface area contributed by atoms with E-state index in [0.717, 1.165) is 12.0 Å². The molecule has 1 N–H and O–H groups in total. The third kappa shape index (κ3) is 7.35. The molecule has 1 aliphatic rings. The number of carbonyl (C=O) groups is 2. The van der Waals surface area contributed by atoms with Crippen LogP contribution in [-0.2, 0) is 19.6 Å². The van der Waals surface area contributed by atoms with E-state index in [1.54, 1.807) is 55.6 Å². The van der Waals surface area contributed by atoms with Gasteiger partial charge >= 0.3 is 0 Å². The highest BCUT2D eigenvalue weighted by Gasteiger charge is 2.38. The quantitative estimate of drug-likeness (QED) is 0.536. The number of rotatable bonds is 8. The molecule has 2 aromatic carbocycles. The second-order valence-electron chi connectivity index (χ2n) is 11.8. The number of aryl methyl sites for hydroxylation is 1. The molecule has 1 unspecified atom stereocenters. The Labute approximate surface area is 227 Å². The smallest absolute Gasteiger partial charge is 0.247 e. The van der Waals surface area contributed by atoms with Crippen molar-refractivity contribution in [2.45, 2.75) is 70.9 Å². The summed E-state index contributed by atoms with van der Waals surface area (Å²) in [6.45, 7) is 12.4. The van der Waals surface area contributed by atoms with E-state index in [9.17, 15) is 18.0 Å². The summed E-state index contributed by atoms with van der Waals surface area (Å²) in [5.41, 5.74) is 1.02. The van der Waals surface area contributed by atoms with Gasteiger partial charge in [0.25, 0.3) is 0 Å². The molecule has 0 bridgehead atoms. The Kier molecular flexibility index (Phi) is 8.93. The number of nitrogens with zero attached hydrogens (tertiary/aromatic N) is 2. The fourth-order valence-electron chi connectivity index (χ4n) is 5.25. The largest absolute Gasteiger partial charge is 0.497 e. The molecule has 2 amide bonds. The van der Waals surface area contributed by atoms with Crippen molar-refractivity contribution in [3.63, 3.8) is 0 Å². The van der Waals surface area contributed by atoms with Crippen molar-refractivity contribution in [2.75, 3.05) is 26.7 Å². The highest BCUT2D eigenvalue weighted by atomic mass is 32.2. The second kappa shape index (κ2) is 11.5. The van der Waals surface area contributed by atoms with E-state index in [1.165, 1.54) is 9.21 Å². The lowest BCUT2D eigenvalue weighted by atomic mass is 9.81. The lowest BCUT2D eigenvalue weighted by Gasteiger charge is -2.37. The van der Waals surface area contributed by atoms with E-state index >= 15 is 0 Å². The molecule has 0 spiro atoms. The molecule has 0 aromatic heterocycles. The van der Waals surface area contributed by atoms with Gasteiger partial charge in [-0.1, -0.05) is 50.6 Å². The van der Waals surface area contributed by atoms with Crippen LogP contribution in [0.2, 0.25) is 0 Å². The van der Waals surface area contributed by atoms with Gasteiger partial charge in [-0.05, 0) is 62.4 Å². The second-order valence-corrected chi connectivity index (χ2v) is 13.8. The highest BCUT2D eigenvalue weighted by Crippen LogP contribution is 2.31. The summed E-state index contributed by atoms with van der Waals surface area (Å²) in [6.07, 6.45) is 0.706. The van der Waals surface area contributed by atoms with Crippen LogP contribution in [0.4, 0.5) is 0 Å². The molecule has 208 valence electrons. The normalized spacial score (nSPS) is 16.6. The Morgan fingerprint density at radius 2 is 1.68 bits per heavy atom. The number of hydrogen-bond acceptors (Lipinski definition) is 5.